The number of aliphatic hydroxyl groups is 1. The van der Waals surface area contributed by atoms with E-state index in [0.717, 1.165) is 13.9 Å². The number of nitrogens with zero attached hydrogens (tertiary/aromatic N) is 2. The minimum atomic E-state index is -1.56. The van der Waals surface area contributed by atoms with Crippen LogP contribution in [0.25, 0.3) is 10.2 Å². The van der Waals surface area contributed by atoms with Crippen LogP contribution in [0.1, 0.15) is 84.5 Å². The van der Waals surface area contributed by atoms with E-state index in [9.17, 15) is 19.5 Å². The van der Waals surface area contributed by atoms with Crippen LogP contribution in [0.2, 0.25) is 0 Å². The fourth-order valence-corrected chi connectivity index (χ4v) is 6.80. The standard InChI is InChI=1S/C30H39BrN2O6S/c1-18-22-24(34)33(29(5,6)26(35)39-28(2,3)4)27(36)32(25(22)40-23(18)31)17-21(19-11-9-8-10-12-19)38-20-13-15-30(7,37)16-14-20/h8-12,20-21,37H,13-17H2,1-7H3. The molecule has 1 aromatic carbocycles. The van der Waals surface area contributed by atoms with Crippen LogP contribution in [0, 0.1) is 6.92 Å². The summed E-state index contributed by atoms with van der Waals surface area (Å²) in [6.07, 6.45) is 2.10. The van der Waals surface area contributed by atoms with Gasteiger partial charge in [0.2, 0.25) is 0 Å². The molecule has 40 heavy (non-hydrogen) atoms. The van der Waals surface area contributed by atoms with E-state index in [2.05, 4.69) is 15.9 Å². The number of hydrogen-bond acceptors (Lipinski definition) is 7. The molecule has 0 saturated heterocycles. The highest BCUT2D eigenvalue weighted by molar-refractivity contribution is 9.11. The van der Waals surface area contributed by atoms with E-state index in [1.165, 1.54) is 25.2 Å². The molecule has 1 atom stereocenters. The molecule has 4 rings (SSSR count). The Morgan fingerprint density at radius 2 is 1.75 bits per heavy atom. The molecule has 0 radical (unpaired) electrons. The van der Waals surface area contributed by atoms with Gasteiger partial charge in [-0.1, -0.05) is 30.3 Å². The number of hydrogen-bond donors (Lipinski definition) is 1. The summed E-state index contributed by atoms with van der Waals surface area (Å²) in [5, 5.41) is 10.8. The average Bonchev–Trinajstić information content (AvgIpc) is 3.15. The Labute approximate surface area is 247 Å². The smallest absolute Gasteiger partial charge is 0.333 e. The lowest BCUT2D eigenvalue weighted by atomic mass is 9.85. The Kier molecular flexibility index (Phi) is 8.58. The number of carbonyl (C=O) groups excluding carboxylic acids is 1. The third-order valence-electron chi connectivity index (χ3n) is 7.50. The fraction of sp³-hybridized carbons (Fsp3) is 0.567. The van der Waals surface area contributed by atoms with E-state index in [1.54, 1.807) is 25.3 Å². The van der Waals surface area contributed by atoms with E-state index in [0.29, 0.717) is 41.5 Å². The molecule has 8 nitrogen and oxygen atoms in total. The van der Waals surface area contributed by atoms with E-state index >= 15 is 0 Å². The average molecular weight is 636 g/mol. The van der Waals surface area contributed by atoms with Crippen molar-refractivity contribution in [2.45, 2.75) is 110 Å². The van der Waals surface area contributed by atoms with Crippen LogP contribution in [0.4, 0.5) is 0 Å². The summed E-state index contributed by atoms with van der Waals surface area (Å²) in [6, 6.07) is 9.69. The van der Waals surface area contributed by atoms with Crippen molar-refractivity contribution in [2.75, 3.05) is 0 Å². The van der Waals surface area contributed by atoms with E-state index in [-0.39, 0.29) is 12.6 Å². The molecule has 0 aliphatic heterocycles. The predicted molar refractivity (Wildman–Crippen MR) is 161 cm³/mol. The van der Waals surface area contributed by atoms with Gasteiger partial charge in [-0.2, -0.15) is 0 Å². The van der Waals surface area contributed by atoms with Gasteiger partial charge >= 0.3 is 11.7 Å². The lowest BCUT2D eigenvalue weighted by Gasteiger charge is -2.35. The highest BCUT2D eigenvalue weighted by atomic mass is 79.9. The van der Waals surface area contributed by atoms with Crippen molar-refractivity contribution in [3.8, 4) is 0 Å². The van der Waals surface area contributed by atoms with Crippen molar-refractivity contribution in [3.05, 3.63) is 66.1 Å². The number of aryl methyl sites for hydroxylation is 1. The second-order valence-electron chi connectivity index (χ2n) is 12.5. The molecule has 3 aromatic rings. The van der Waals surface area contributed by atoms with Crippen LogP contribution in [0.15, 0.2) is 43.7 Å². The summed E-state index contributed by atoms with van der Waals surface area (Å²) in [5.41, 5.74) is -2.57. The molecule has 1 saturated carbocycles. The maximum absolute atomic E-state index is 14.2. The summed E-state index contributed by atoms with van der Waals surface area (Å²) in [7, 11) is 0. The number of carbonyl (C=O) groups is 1. The molecule has 1 N–H and O–H groups in total. The second kappa shape index (κ2) is 11.2. The number of benzene rings is 1. The molecule has 10 heteroatoms. The molecule has 1 unspecified atom stereocenters. The van der Waals surface area contributed by atoms with Crippen molar-refractivity contribution in [1.82, 2.24) is 9.13 Å². The molecule has 0 amide bonds. The fourth-order valence-electron chi connectivity index (χ4n) is 5.11. The Morgan fingerprint density at radius 3 is 2.33 bits per heavy atom. The van der Waals surface area contributed by atoms with Crippen molar-refractivity contribution < 1.29 is 19.4 Å². The predicted octanol–water partition coefficient (Wildman–Crippen LogP) is 5.82. The van der Waals surface area contributed by atoms with Crippen LogP contribution in [0.3, 0.4) is 0 Å². The number of aromatic nitrogens is 2. The zero-order valence-electron chi connectivity index (χ0n) is 24.2. The lowest BCUT2D eigenvalue weighted by molar-refractivity contribution is -0.164. The van der Waals surface area contributed by atoms with Gasteiger partial charge in [0.05, 0.1) is 27.4 Å². The molecule has 218 valence electrons. The number of halogens is 1. The summed E-state index contributed by atoms with van der Waals surface area (Å²) >= 11 is 4.87. The van der Waals surface area contributed by atoms with Crippen LogP contribution >= 0.6 is 27.3 Å². The second-order valence-corrected chi connectivity index (χ2v) is 14.8. The Balaban J connectivity index is 1.86. The first-order chi connectivity index (χ1) is 18.5. The van der Waals surface area contributed by atoms with Crippen LogP contribution in [0.5, 0.6) is 0 Å². The Hall–Kier alpha value is -2.27. The highest BCUT2D eigenvalue weighted by Gasteiger charge is 2.39. The van der Waals surface area contributed by atoms with Crippen molar-refractivity contribution in [1.29, 1.82) is 0 Å². The van der Waals surface area contributed by atoms with Gasteiger partial charge < -0.3 is 14.6 Å². The molecular formula is C30H39BrN2O6S. The summed E-state index contributed by atoms with van der Waals surface area (Å²) in [4.78, 5) is 41.9. The van der Waals surface area contributed by atoms with Gasteiger partial charge in [-0.3, -0.25) is 9.36 Å². The molecule has 1 aliphatic carbocycles. The van der Waals surface area contributed by atoms with E-state index < -0.39 is 40.1 Å². The first-order valence-electron chi connectivity index (χ1n) is 13.6. The monoisotopic (exact) mass is 634 g/mol. The SMILES string of the molecule is Cc1c(Br)sc2c1c(=O)n(C(C)(C)C(=O)OC(C)(C)C)c(=O)n2CC(OC1CCC(C)(O)CC1)c1ccccc1. The van der Waals surface area contributed by atoms with Crippen molar-refractivity contribution in [3.63, 3.8) is 0 Å². The summed E-state index contributed by atoms with van der Waals surface area (Å²) in [5.74, 6) is -0.665. The van der Waals surface area contributed by atoms with Gasteiger partial charge in [-0.15, -0.1) is 11.3 Å². The Bertz CT molecular complexity index is 1500. The molecule has 1 fully saturated rings. The molecule has 0 spiro atoms. The van der Waals surface area contributed by atoms with E-state index in [1.807, 2.05) is 44.2 Å². The molecular weight excluding hydrogens is 596 g/mol. The third-order valence-corrected chi connectivity index (χ3v) is 9.68. The maximum Gasteiger partial charge on any atom is 0.333 e. The van der Waals surface area contributed by atoms with Crippen LogP contribution in [-0.2, 0) is 26.4 Å². The van der Waals surface area contributed by atoms with Crippen molar-refractivity contribution >= 4 is 43.5 Å². The molecule has 0 bridgehead atoms. The van der Waals surface area contributed by atoms with Crippen LogP contribution in [-0.4, -0.2) is 37.5 Å². The first kappa shape index (κ1) is 30.7. The van der Waals surface area contributed by atoms with Gasteiger partial charge in [0.25, 0.3) is 5.56 Å². The molecule has 2 heterocycles. The molecule has 1 aliphatic rings. The largest absolute Gasteiger partial charge is 0.458 e. The van der Waals surface area contributed by atoms with Gasteiger partial charge in [-0.25, -0.2) is 14.2 Å². The normalized spacial score (nSPS) is 21.0. The lowest BCUT2D eigenvalue weighted by Crippen LogP contribution is -2.54. The minimum absolute atomic E-state index is 0.0856. The van der Waals surface area contributed by atoms with Gasteiger partial charge in [0.1, 0.15) is 22.1 Å². The van der Waals surface area contributed by atoms with Gasteiger partial charge in [0.15, 0.2) is 0 Å². The minimum Gasteiger partial charge on any atom is -0.458 e. The van der Waals surface area contributed by atoms with Crippen LogP contribution < -0.4 is 11.2 Å². The summed E-state index contributed by atoms with van der Waals surface area (Å²) in [6.45, 7) is 12.1. The number of esters is 1. The summed E-state index contributed by atoms with van der Waals surface area (Å²) < 4.78 is 15.6. The third kappa shape index (κ3) is 6.30. The van der Waals surface area contributed by atoms with Crippen molar-refractivity contribution in [2.24, 2.45) is 0 Å². The van der Waals surface area contributed by atoms with E-state index in [4.69, 9.17) is 9.47 Å². The van der Waals surface area contributed by atoms with Gasteiger partial charge in [-0.05, 0) is 101 Å². The Morgan fingerprint density at radius 1 is 1.15 bits per heavy atom. The zero-order valence-corrected chi connectivity index (χ0v) is 26.6. The number of ether oxygens (including phenoxy) is 2. The first-order valence-corrected chi connectivity index (χ1v) is 15.2. The molecule has 2 aromatic heterocycles. The maximum atomic E-state index is 14.2. The highest BCUT2D eigenvalue weighted by Crippen LogP contribution is 2.36. The topological polar surface area (TPSA) is 99.8 Å². The number of fused-ring (bicyclic) bond motifs is 1. The van der Waals surface area contributed by atoms with Gasteiger partial charge in [0, 0.05) is 0 Å². The number of rotatable bonds is 7. The zero-order chi connectivity index (χ0) is 29.6. The number of thiophene rings is 1. The quantitative estimate of drug-likeness (QED) is 0.329.